The van der Waals surface area contributed by atoms with Crippen LogP contribution in [0.3, 0.4) is 0 Å². The van der Waals surface area contributed by atoms with Gasteiger partial charge in [-0.15, -0.1) is 11.3 Å². The van der Waals surface area contributed by atoms with E-state index in [9.17, 15) is 22.8 Å². The molecule has 5 atom stereocenters. The van der Waals surface area contributed by atoms with E-state index in [1.54, 1.807) is 16.2 Å². The molecule has 2 saturated carbocycles. The van der Waals surface area contributed by atoms with Gasteiger partial charge in [-0.2, -0.15) is 4.98 Å². The Kier molecular flexibility index (Phi) is 11.1. The fourth-order valence-corrected chi connectivity index (χ4v) is 11.9. The zero-order valence-electron chi connectivity index (χ0n) is 35.2. The van der Waals surface area contributed by atoms with Crippen LogP contribution in [-0.4, -0.2) is 74.6 Å². The molecule has 2 aliphatic carbocycles. The zero-order valence-corrected chi connectivity index (χ0v) is 36.9. The lowest BCUT2D eigenvalue weighted by Gasteiger charge is -2.33. The molecule has 1 aromatic carbocycles. The summed E-state index contributed by atoms with van der Waals surface area (Å²) in [6, 6.07) is 5.63. The third kappa shape index (κ3) is 7.74. The van der Waals surface area contributed by atoms with Gasteiger partial charge in [0.25, 0.3) is 11.9 Å². The smallest absolute Gasteiger partial charge is 0.297 e. The van der Waals surface area contributed by atoms with E-state index in [0.717, 1.165) is 59.4 Å². The Hall–Kier alpha value is -3.52. The fourth-order valence-electron chi connectivity index (χ4n) is 8.92. The van der Waals surface area contributed by atoms with Gasteiger partial charge in [0.15, 0.2) is 0 Å². The van der Waals surface area contributed by atoms with Crippen molar-refractivity contribution in [1.82, 2.24) is 29.5 Å². The molecule has 3 aromatic rings. The zero-order chi connectivity index (χ0) is 41.2. The van der Waals surface area contributed by atoms with Crippen molar-refractivity contribution in [3.63, 3.8) is 0 Å². The highest BCUT2D eigenvalue weighted by Crippen LogP contribution is 2.50. The Morgan fingerprint density at radius 3 is 2.39 bits per heavy atom. The van der Waals surface area contributed by atoms with Crippen molar-refractivity contribution in [2.75, 3.05) is 6.54 Å². The Balaban J connectivity index is 1.29. The SMILES string of the molecule is CC[C@@H]1C[C@@]12NC(=O)[C@@H]1C[C@H](CN1C(=O)[C@@H](C)C(C)(C)C)Oc1nc3c(cccc3n1C(C)C)-c1nc(C(C)C)c(s1)CCCCCCC1(CC1)S(=O)(=O)NC2=O. The van der Waals surface area contributed by atoms with Crippen molar-refractivity contribution in [2.45, 2.75) is 167 Å². The normalized spacial score (nSPS) is 27.1. The highest BCUT2D eigenvalue weighted by atomic mass is 32.2. The van der Waals surface area contributed by atoms with E-state index in [0.29, 0.717) is 38.1 Å². The minimum Gasteiger partial charge on any atom is -0.459 e. The van der Waals surface area contributed by atoms with Crippen LogP contribution in [0.4, 0.5) is 0 Å². The second kappa shape index (κ2) is 15.3. The van der Waals surface area contributed by atoms with E-state index in [-0.39, 0.29) is 42.2 Å². The maximum Gasteiger partial charge on any atom is 0.297 e. The summed E-state index contributed by atoms with van der Waals surface area (Å²) in [4.78, 5) is 56.0. The summed E-state index contributed by atoms with van der Waals surface area (Å²) in [7, 11) is -3.99. The van der Waals surface area contributed by atoms with Crippen molar-refractivity contribution < 1.29 is 27.5 Å². The number of aryl methyl sites for hydroxylation is 1. The van der Waals surface area contributed by atoms with E-state index in [2.05, 4.69) is 48.4 Å². The minimum atomic E-state index is -3.99. The minimum absolute atomic E-state index is 0.00890. The number of para-hydroxylation sites is 1. The van der Waals surface area contributed by atoms with Gasteiger partial charge in [-0.1, -0.05) is 80.2 Å². The number of benzene rings is 1. The number of thiazole rings is 1. The highest BCUT2D eigenvalue weighted by molar-refractivity contribution is 7.91. The van der Waals surface area contributed by atoms with E-state index >= 15 is 0 Å². The van der Waals surface area contributed by atoms with Gasteiger partial charge in [-0.05, 0) is 81.8 Å². The molecule has 0 unspecified atom stereocenters. The van der Waals surface area contributed by atoms with Gasteiger partial charge in [0.1, 0.15) is 28.2 Å². The number of hydrogen-bond donors (Lipinski definition) is 2. The van der Waals surface area contributed by atoms with E-state index in [4.69, 9.17) is 14.7 Å². The van der Waals surface area contributed by atoms with Crippen LogP contribution in [0.2, 0.25) is 0 Å². The summed E-state index contributed by atoms with van der Waals surface area (Å²) in [5.74, 6) is -1.72. The first kappa shape index (κ1) is 41.6. The summed E-state index contributed by atoms with van der Waals surface area (Å²) in [6.45, 7) is 18.5. The van der Waals surface area contributed by atoms with Crippen LogP contribution in [0.25, 0.3) is 21.6 Å². The Morgan fingerprint density at radius 2 is 1.75 bits per heavy atom. The largest absolute Gasteiger partial charge is 0.459 e. The number of hydrogen-bond acceptors (Lipinski definition) is 9. The van der Waals surface area contributed by atoms with Gasteiger partial charge in [0, 0.05) is 28.8 Å². The molecule has 2 spiro atoms. The standard InChI is InChI=1S/C43H62N6O6S2/c1-10-28-23-43(28)39(52)47-57(53,54)42(20-21-42)19-14-12-11-13-18-33-34(25(2)3)44-37(56-33)30-16-15-17-31-35(30)45-40(49(31)26(4)5)55-29-22-32(36(50)46-43)48(24-29)38(51)27(6)41(7,8)9/h15-17,25-29,32H,10-14,18-24H2,1-9H3,(H,46,50)(H,47,52)/t27-,28-,29-,32+,43-/m1/s1. The first-order valence-corrected chi connectivity index (χ1v) is 23.5. The van der Waals surface area contributed by atoms with E-state index in [1.807, 2.05) is 46.8 Å². The van der Waals surface area contributed by atoms with Crippen LogP contribution in [0.1, 0.15) is 149 Å². The van der Waals surface area contributed by atoms with Crippen molar-refractivity contribution in [2.24, 2.45) is 17.3 Å². The van der Waals surface area contributed by atoms with Crippen LogP contribution in [-0.2, 0) is 30.8 Å². The molecular formula is C43H62N6O6S2. The van der Waals surface area contributed by atoms with E-state index in [1.165, 1.54) is 4.88 Å². The van der Waals surface area contributed by atoms with Gasteiger partial charge in [-0.3, -0.25) is 23.7 Å². The molecule has 12 nitrogen and oxygen atoms in total. The average molecular weight is 823 g/mol. The molecule has 14 heteroatoms. The molecule has 4 aliphatic rings. The summed E-state index contributed by atoms with van der Waals surface area (Å²) in [5, 5.41) is 3.93. The number of sulfonamides is 1. The average Bonchev–Trinajstić information content (AvgIpc) is 3.91. The summed E-state index contributed by atoms with van der Waals surface area (Å²) in [6.07, 6.45) is 6.55. The van der Waals surface area contributed by atoms with Gasteiger partial charge >= 0.3 is 0 Å². The van der Waals surface area contributed by atoms with Crippen LogP contribution in [0.5, 0.6) is 6.01 Å². The number of fused-ring (bicyclic) bond motifs is 6. The Labute approximate surface area is 342 Å². The predicted octanol–water partition coefficient (Wildman–Crippen LogP) is 7.66. The number of imidazole rings is 1. The topological polar surface area (TPSA) is 153 Å². The summed E-state index contributed by atoms with van der Waals surface area (Å²) in [5.41, 5.74) is 2.02. The van der Waals surface area contributed by atoms with Gasteiger partial charge in [0.2, 0.25) is 21.8 Å². The second-order valence-corrected chi connectivity index (χ2v) is 22.0. The fraction of sp³-hybridized carbons (Fsp3) is 0.698. The molecule has 2 aromatic heterocycles. The molecule has 4 heterocycles. The summed E-state index contributed by atoms with van der Waals surface area (Å²) < 4.78 is 38.1. The van der Waals surface area contributed by atoms with Crippen LogP contribution >= 0.6 is 11.3 Å². The molecule has 1 saturated heterocycles. The number of carbonyl (C=O) groups is 3. The number of carbonyl (C=O) groups excluding carboxylic acids is 3. The van der Waals surface area contributed by atoms with Crippen molar-refractivity contribution in [3.05, 3.63) is 28.8 Å². The molecule has 312 valence electrons. The van der Waals surface area contributed by atoms with Crippen molar-refractivity contribution >= 4 is 50.1 Å². The lowest BCUT2D eigenvalue weighted by molar-refractivity contribution is -0.144. The van der Waals surface area contributed by atoms with Gasteiger partial charge in [0.05, 0.1) is 22.5 Å². The molecule has 3 amide bonds. The number of likely N-dealkylation sites (tertiary alicyclic amines) is 1. The van der Waals surface area contributed by atoms with Crippen LogP contribution in [0.15, 0.2) is 18.2 Å². The molecule has 57 heavy (non-hydrogen) atoms. The number of amides is 3. The first-order chi connectivity index (χ1) is 26.8. The quantitative estimate of drug-likeness (QED) is 0.272. The lowest BCUT2D eigenvalue weighted by Crippen LogP contribution is -2.57. The number of rotatable bonds is 4. The number of aromatic nitrogens is 3. The van der Waals surface area contributed by atoms with Crippen LogP contribution in [0, 0.1) is 17.3 Å². The monoisotopic (exact) mass is 822 g/mol. The number of nitrogens with one attached hydrogen (secondary N) is 2. The third-order valence-corrected chi connectivity index (χ3v) is 16.6. The lowest BCUT2D eigenvalue weighted by atomic mass is 9.81. The molecule has 2 N–H and O–H groups in total. The van der Waals surface area contributed by atoms with Crippen LogP contribution < -0.4 is 14.8 Å². The molecular weight excluding hydrogens is 761 g/mol. The molecule has 7 rings (SSSR count). The third-order valence-electron chi connectivity index (χ3n) is 13.2. The molecule has 2 aliphatic heterocycles. The number of ether oxygens (including phenoxy) is 1. The van der Waals surface area contributed by atoms with Crippen molar-refractivity contribution in [1.29, 1.82) is 0 Å². The second-order valence-electron chi connectivity index (χ2n) is 18.9. The maximum absolute atomic E-state index is 14.5. The molecule has 0 radical (unpaired) electrons. The summed E-state index contributed by atoms with van der Waals surface area (Å²) >= 11 is 1.71. The van der Waals surface area contributed by atoms with E-state index < -0.39 is 50.2 Å². The Morgan fingerprint density at radius 1 is 1.04 bits per heavy atom. The highest BCUT2D eigenvalue weighted by Gasteiger charge is 2.63. The Bertz CT molecular complexity index is 2150. The van der Waals surface area contributed by atoms with Gasteiger partial charge in [-0.25, -0.2) is 13.4 Å². The molecule has 6 bridgehead atoms. The van der Waals surface area contributed by atoms with Crippen molar-refractivity contribution in [3.8, 4) is 16.6 Å². The number of nitrogens with zero attached hydrogens (tertiary/aromatic N) is 4. The maximum atomic E-state index is 14.5. The van der Waals surface area contributed by atoms with Gasteiger partial charge < -0.3 is 15.0 Å². The molecule has 3 fully saturated rings. The first-order valence-electron chi connectivity index (χ1n) is 21.2. The predicted molar refractivity (Wildman–Crippen MR) is 224 cm³/mol.